The van der Waals surface area contributed by atoms with E-state index in [0.717, 1.165) is 11.3 Å². The lowest BCUT2D eigenvalue weighted by molar-refractivity contribution is -0.113. The summed E-state index contributed by atoms with van der Waals surface area (Å²) in [5.41, 5.74) is 3.02. The molecule has 1 aromatic heterocycles. The Balaban J connectivity index is 1.54. The Hall–Kier alpha value is -3.17. The molecule has 6 heteroatoms. The molecule has 3 rings (SSSR count). The van der Waals surface area contributed by atoms with Gasteiger partial charge in [0.1, 0.15) is 5.03 Å². The minimum absolute atomic E-state index is 0.136. The summed E-state index contributed by atoms with van der Waals surface area (Å²) < 4.78 is 0. The molecule has 0 radical (unpaired) electrons. The van der Waals surface area contributed by atoms with Crippen LogP contribution >= 0.6 is 11.8 Å². The van der Waals surface area contributed by atoms with Crippen LogP contribution in [0.3, 0.4) is 0 Å². The Labute approximate surface area is 149 Å². The zero-order valence-corrected chi connectivity index (χ0v) is 14.0. The van der Waals surface area contributed by atoms with E-state index in [0.29, 0.717) is 16.3 Å². The molecule has 25 heavy (non-hydrogen) atoms. The Kier molecular flexibility index (Phi) is 5.39. The number of hydrogen-bond donors (Lipinski definition) is 1. The van der Waals surface area contributed by atoms with Crippen LogP contribution in [0.15, 0.2) is 71.8 Å². The number of hydrogen-bond acceptors (Lipinski definition) is 5. The largest absolute Gasteiger partial charge is 0.325 e. The zero-order chi connectivity index (χ0) is 17.5. The molecule has 0 unspecified atom stereocenters. The topological polar surface area (TPSA) is 78.7 Å². The summed E-state index contributed by atoms with van der Waals surface area (Å²) in [5, 5.41) is 20.6. The van der Waals surface area contributed by atoms with Crippen LogP contribution in [0.4, 0.5) is 5.69 Å². The number of amides is 1. The summed E-state index contributed by atoms with van der Waals surface area (Å²) in [6, 6.07) is 22.3. The molecule has 0 aliphatic rings. The predicted octanol–water partition coefficient (Wildman–Crippen LogP) is 3.75. The molecule has 0 aliphatic heterocycles. The Morgan fingerprint density at radius 1 is 1.00 bits per heavy atom. The van der Waals surface area contributed by atoms with Crippen LogP contribution < -0.4 is 5.32 Å². The average molecular weight is 346 g/mol. The summed E-state index contributed by atoms with van der Waals surface area (Å²) in [7, 11) is 0. The van der Waals surface area contributed by atoms with Crippen LogP contribution in [0.2, 0.25) is 0 Å². The summed E-state index contributed by atoms with van der Waals surface area (Å²) in [6.07, 6.45) is 0. The van der Waals surface area contributed by atoms with Gasteiger partial charge in [0.2, 0.25) is 5.91 Å². The third-order valence-electron chi connectivity index (χ3n) is 3.36. The fourth-order valence-electron chi connectivity index (χ4n) is 2.12. The predicted molar refractivity (Wildman–Crippen MR) is 98.0 cm³/mol. The van der Waals surface area contributed by atoms with Crippen molar-refractivity contribution in [3.8, 4) is 17.3 Å². The van der Waals surface area contributed by atoms with E-state index in [2.05, 4.69) is 15.5 Å². The van der Waals surface area contributed by atoms with Gasteiger partial charge in [0.25, 0.3) is 0 Å². The monoisotopic (exact) mass is 346 g/mol. The summed E-state index contributed by atoms with van der Waals surface area (Å²) in [4.78, 5) is 12.0. The van der Waals surface area contributed by atoms with Crippen molar-refractivity contribution in [3.05, 3.63) is 72.3 Å². The van der Waals surface area contributed by atoms with E-state index in [1.54, 1.807) is 24.3 Å². The van der Waals surface area contributed by atoms with Crippen molar-refractivity contribution < 1.29 is 4.79 Å². The van der Waals surface area contributed by atoms with Gasteiger partial charge in [-0.15, -0.1) is 10.2 Å². The SMILES string of the molecule is N#Cc1ccc(NC(=O)CSc2ccc(-c3ccccc3)nn2)cc1. The first-order valence-electron chi connectivity index (χ1n) is 7.56. The van der Waals surface area contributed by atoms with E-state index < -0.39 is 0 Å². The lowest BCUT2D eigenvalue weighted by atomic mass is 10.1. The van der Waals surface area contributed by atoms with E-state index in [-0.39, 0.29) is 11.7 Å². The second kappa shape index (κ2) is 8.08. The molecule has 0 aliphatic carbocycles. The molecule has 122 valence electrons. The van der Waals surface area contributed by atoms with Crippen molar-refractivity contribution in [2.24, 2.45) is 0 Å². The third-order valence-corrected chi connectivity index (χ3v) is 4.28. The van der Waals surface area contributed by atoms with E-state index in [1.807, 2.05) is 48.5 Å². The van der Waals surface area contributed by atoms with Gasteiger partial charge in [0, 0.05) is 11.3 Å². The first-order chi connectivity index (χ1) is 12.2. The normalized spacial score (nSPS) is 10.0. The number of carbonyl (C=O) groups is 1. The van der Waals surface area contributed by atoms with Crippen molar-refractivity contribution in [1.29, 1.82) is 5.26 Å². The molecule has 1 amide bonds. The first kappa shape index (κ1) is 16.7. The highest BCUT2D eigenvalue weighted by molar-refractivity contribution is 7.99. The molecule has 3 aromatic rings. The third kappa shape index (κ3) is 4.66. The van der Waals surface area contributed by atoms with E-state index in [1.165, 1.54) is 11.8 Å². The molecule has 0 saturated carbocycles. The fraction of sp³-hybridized carbons (Fsp3) is 0.0526. The van der Waals surface area contributed by atoms with Gasteiger partial charge in [-0.2, -0.15) is 5.26 Å². The van der Waals surface area contributed by atoms with Gasteiger partial charge in [-0.25, -0.2) is 0 Å². The van der Waals surface area contributed by atoms with E-state index >= 15 is 0 Å². The molecule has 1 N–H and O–H groups in total. The molecule has 0 fully saturated rings. The molecule has 0 atom stereocenters. The minimum atomic E-state index is -0.136. The molecular formula is C19H14N4OS. The molecule has 0 bridgehead atoms. The molecule has 2 aromatic carbocycles. The van der Waals surface area contributed by atoms with Crippen molar-refractivity contribution in [1.82, 2.24) is 10.2 Å². The summed E-state index contributed by atoms with van der Waals surface area (Å²) >= 11 is 1.32. The molecule has 0 spiro atoms. The molecule has 0 saturated heterocycles. The van der Waals surface area contributed by atoms with Crippen molar-refractivity contribution >= 4 is 23.4 Å². The Morgan fingerprint density at radius 2 is 1.76 bits per heavy atom. The summed E-state index contributed by atoms with van der Waals surface area (Å²) in [5.74, 6) is 0.1000. The highest BCUT2D eigenvalue weighted by Gasteiger charge is 2.06. The van der Waals surface area contributed by atoms with Crippen LogP contribution in [-0.4, -0.2) is 21.9 Å². The maximum absolute atomic E-state index is 12.0. The minimum Gasteiger partial charge on any atom is -0.325 e. The maximum atomic E-state index is 12.0. The van der Waals surface area contributed by atoms with E-state index in [9.17, 15) is 4.79 Å². The summed E-state index contributed by atoms with van der Waals surface area (Å²) in [6.45, 7) is 0. The van der Waals surface area contributed by atoms with Crippen LogP contribution in [0.1, 0.15) is 5.56 Å². The molecule has 1 heterocycles. The van der Waals surface area contributed by atoms with Crippen LogP contribution in [0.5, 0.6) is 0 Å². The number of nitriles is 1. The number of benzene rings is 2. The number of thioether (sulfide) groups is 1. The number of rotatable bonds is 5. The number of anilines is 1. The van der Waals surface area contributed by atoms with Gasteiger partial charge in [-0.3, -0.25) is 4.79 Å². The average Bonchev–Trinajstić information content (AvgIpc) is 2.68. The Bertz CT molecular complexity index is 887. The zero-order valence-electron chi connectivity index (χ0n) is 13.2. The quantitative estimate of drug-likeness (QED) is 0.712. The maximum Gasteiger partial charge on any atom is 0.234 e. The lowest BCUT2D eigenvalue weighted by Gasteiger charge is -2.05. The number of aromatic nitrogens is 2. The van der Waals surface area contributed by atoms with Gasteiger partial charge in [0.15, 0.2) is 0 Å². The number of nitrogens with zero attached hydrogens (tertiary/aromatic N) is 3. The van der Waals surface area contributed by atoms with Crippen LogP contribution in [0, 0.1) is 11.3 Å². The van der Waals surface area contributed by atoms with Gasteiger partial charge >= 0.3 is 0 Å². The highest BCUT2D eigenvalue weighted by atomic mass is 32.2. The lowest BCUT2D eigenvalue weighted by Crippen LogP contribution is -2.14. The van der Waals surface area contributed by atoms with Crippen molar-refractivity contribution in [2.75, 3.05) is 11.1 Å². The second-order valence-electron chi connectivity index (χ2n) is 5.15. The van der Waals surface area contributed by atoms with Crippen molar-refractivity contribution in [3.63, 3.8) is 0 Å². The van der Waals surface area contributed by atoms with Gasteiger partial charge in [-0.05, 0) is 36.4 Å². The van der Waals surface area contributed by atoms with Gasteiger partial charge < -0.3 is 5.32 Å². The number of nitrogens with one attached hydrogen (secondary N) is 1. The standard InChI is InChI=1S/C19H14N4OS/c20-12-14-6-8-16(9-7-14)21-18(24)13-25-19-11-10-17(22-23-19)15-4-2-1-3-5-15/h1-11H,13H2,(H,21,24). The molecular weight excluding hydrogens is 332 g/mol. The van der Waals surface area contributed by atoms with Crippen LogP contribution in [-0.2, 0) is 4.79 Å². The van der Waals surface area contributed by atoms with E-state index in [4.69, 9.17) is 5.26 Å². The highest BCUT2D eigenvalue weighted by Crippen LogP contribution is 2.19. The molecule has 5 nitrogen and oxygen atoms in total. The van der Waals surface area contributed by atoms with Gasteiger partial charge in [0.05, 0.1) is 23.1 Å². The Morgan fingerprint density at radius 3 is 2.40 bits per heavy atom. The van der Waals surface area contributed by atoms with Gasteiger partial charge in [-0.1, -0.05) is 42.1 Å². The van der Waals surface area contributed by atoms with Crippen molar-refractivity contribution in [2.45, 2.75) is 5.03 Å². The van der Waals surface area contributed by atoms with Crippen LogP contribution in [0.25, 0.3) is 11.3 Å². The smallest absolute Gasteiger partial charge is 0.234 e. The number of carbonyl (C=O) groups excluding carboxylic acids is 1. The second-order valence-corrected chi connectivity index (χ2v) is 6.14. The first-order valence-corrected chi connectivity index (χ1v) is 8.55. The fourth-order valence-corrected chi connectivity index (χ4v) is 2.74.